The first-order valence-corrected chi connectivity index (χ1v) is 9.63. The molecule has 0 spiro atoms. The third-order valence-corrected chi connectivity index (χ3v) is 5.21. The lowest BCUT2D eigenvalue weighted by Gasteiger charge is -2.31. The van der Waals surface area contributed by atoms with Crippen LogP contribution < -0.4 is 4.74 Å². The van der Waals surface area contributed by atoms with E-state index in [1.165, 1.54) is 45.2 Å². The van der Waals surface area contributed by atoms with Crippen molar-refractivity contribution in [1.82, 2.24) is 4.90 Å². The number of benzene rings is 1. The summed E-state index contributed by atoms with van der Waals surface area (Å²) in [6.45, 7) is 5.91. The lowest BCUT2D eigenvalue weighted by molar-refractivity contribution is 0.0973. The second-order valence-corrected chi connectivity index (χ2v) is 7.01. The predicted molar refractivity (Wildman–Crippen MR) is 99.9 cm³/mol. The maximum atomic E-state index is 12.3. The number of para-hydroxylation sites is 1. The van der Waals surface area contributed by atoms with Crippen LogP contribution in [0.5, 0.6) is 5.75 Å². The van der Waals surface area contributed by atoms with Crippen molar-refractivity contribution in [2.24, 2.45) is 5.92 Å². The van der Waals surface area contributed by atoms with Crippen molar-refractivity contribution in [1.29, 1.82) is 0 Å². The van der Waals surface area contributed by atoms with Crippen molar-refractivity contribution in [3.8, 4) is 5.75 Å². The SMILES string of the molecule is CCCCC1CCN(CCCCC(=O)c2ccccc2OC)CC1. The molecule has 1 aromatic rings. The number of ketones is 1. The average Bonchev–Trinajstić information content (AvgIpc) is 2.64. The van der Waals surface area contributed by atoms with Crippen molar-refractivity contribution in [3.05, 3.63) is 29.8 Å². The van der Waals surface area contributed by atoms with Crippen molar-refractivity contribution in [2.45, 2.75) is 58.3 Å². The molecule has 3 heteroatoms. The first-order chi connectivity index (χ1) is 11.7. The number of Topliss-reactive ketones (excluding diaryl/α,β-unsaturated/α-hetero) is 1. The minimum absolute atomic E-state index is 0.200. The molecule has 0 radical (unpaired) electrons. The number of piperidine rings is 1. The van der Waals surface area contributed by atoms with Gasteiger partial charge in [-0.25, -0.2) is 0 Å². The second kappa shape index (κ2) is 10.5. The molecule has 0 aliphatic carbocycles. The molecule has 1 aliphatic rings. The highest BCUT2D eigenvalue weighted by molar-refractivity contribution is 5.98. The summed E-state index contributed by atoms with van der Waals surface area (Å²) in [5, 5.41) is 0. The molecule has 1 aliphatic heterocycles. The van der Waals surface area contributed by atoms with Crippen LogP contribution in [0.3, 0.4) is 0 Å². The standard InChI is InChI=1S/C21H33NO2/c1-3-4-9-18-13-16-22(17-14-18)15-8-7-11-20(23)19-10-5-6-12-21(19)24-2/h5-6,10,12,18H,3-4,7-9,11,13-17H2,1-2H3. The number of ether oxygens (including phenoxy) is 1. The fourth-order valence-electron chi connectivity index (χ4n) is 3.62. The molecule has 0 aromatic heterocycles. The lowest BCUT2D eigenvalue weighted by atomic mass is 9.91. The number of rotatable bonds is 10. The van der Waals surface area contributed by atoms with Crippen LogP contribution in [0, 0.1) is 5.92 Å². The summed E-state index contributed by atoms with van der Waals surface area (Å²) < 4.78 is 5.28. The maximum Gasteiger partial charge on any atom is 0.166 e. The highest BCUT2D eigenvalue weighted by Crippen LogP contribution is 2.23. The maximum absolute atomic E-state index is 12.3. The van der Waals surface area contributed by atoms with Gasteiger partial charge in [0.05, 0.1) is 12.7 Å². The van der Waals surface area contributed by atoms with Gasteiger partial charge in [0.2, 0.25) is 0 Å². The van der Waals surface area contributed by atoms with Crippen LogP contribution in [0.1, 0.15) is 68.6 Å². The van der Waals surface area contributed by atoms with Gasteiger partial charge in [-0.2, -0.15) is 0 Å². The third kappa shape index (κ3) is 5.94. The zero-order chi connectivity index (χ0) is 17.2. The van der Waals surface area contributed by atoms with E-state index in [2.05, 4.69) is 11.8 Å². The van der Waals surface area contributed by atoms with Gasteiger partial charge in [0.25, 0.3) is 0 Å². The molecule has 0 N–H and O–H groups in total. The van der Waals surface area contributed by atoms with Crippen LogP contribution >= 0.6 is 0 Å². The summed E-state index contributed by atoms with van der Waals surface area (Å²) in [6, 6.07) is 7.52. The summed E-state index contributed by atoms with van der Waals surface area (Å²) in [5.74, 6) is 1.84. The van der Waals surface area contributed by atoms with E-state index in [1.54, 1.807) is 7.11 Å². The van der Waals surface area contributed by atoms with E-state index in [-0.39, 0.29) is 5.78 Å². The summed E-state index contributed by atoms with van der Waals surface area (Å²) in [7, 11) is 1.62. The van der Waals surface area contributed by atoms with Crippen LogP contribution in [-0.2, 0) is 0 Å². The Morgan fingerprint density at radius 2 is 1.92 bits per heavy atom. The molecule has 24 heavy (non-hydrogen) atoms. The number of hydrogen-bond donors (Lipinski definition) is 0. The minimum atomic E-state index is 0.200. The van der Waals surface area contributed by atoms with Gasteiger partial charge < -0.3 is 9.64 Å². The van der Waals surface area contributed by atoms with Gasteiger partial charge in [-0.15, -0.1) is 0 Å². The topological polar surface area (TPSA) is 29.5 Å². The van der Waals surface area contributed by atoms with Crippen molar-refractivity contribution in [3.63, 3.8) is 0 Å². The monoisotopic (exact) mass is 331 g/mol. The minimum Gasteiger partial charge on any atom is -0.496 e. The van der Waals surface area contributed by atoms with E-state index >= 15 is 0 Å². The Morgan fingerprint density at radius 3 is 2.62 bits per heavy atom. The van der Waals surface area contributed by atoms with E-state index in [9.17, 15) is 4.79 Å². The van der Waals surface area contributed by atoms with E-state index in [1.807, 2.05) is 24.3 Å². The highest BCUT2D eigenvalue weighted by atomic mass is 16.5. The summed E-state index contributed by atoms with van der Waals surface area (Å²) in [5.41, 5.74) is 0.719. The van der Waals surface area contributed by atoms with Gasteiger partial charge in [0.15, 0.2) is 5.78 Å². The van der Waals surface area contributed by atoms with Gasteiger partial charge in [-0.3, -0.25) is 4.79 Å². The van der Waals surface area contributed by atoms with Crippen molar-refractivity contribution in [2.75, 3.05) is 26.7 Å². The Morgan fingerprint density at radius 1 is 1.17 bits per heavy atom. The molecule has 0 amide bonds. The van der Waals surface area contributed by atoms with Crippen molar-refractivity contribution >= 4 is 5.78 Å². The first kappa shape index (κ1) is 19.0. The number of carbonyl (C=O) groups excluding carboxylic acids is 1. The van der Waals surface area contributed by atoms with Crippen LogP contribution in [0.15, 0.2) is 24.3 Å². The predicted octanol–water partition coefficient (Wildman–Crippen LogP) is 4.95. The van der Waals surface area contributed by atoms with Crippen LogP contribution in [0.25, 0.3) is 0 Å². The van der Waals surface area contributed by atoms with E-state index in [4.69, 9.17) is 4.74 Å². The molecule has 2 rings (SSSR count). The van der Waals surface area contributed by atoms with E-state index in [0.29, 0.717) is 12.2 Å². The van der Waals surface area contributed by atoms with Gasteiger partial charge in [0.1, 0.15) is 5.75 Å². The third-order valence-electron chi connectivity index (χ3n) is 5.21. The molecular formula is C21H33NO2. The Bertz CT molecular complexity index is 492. The number of nitrogens with zero attached hydrogens (tertiary/aromatic N) is 1. The largest absolute Gasteiger partial charge is 0.496 e. The fourth-order valence-corrected chi connectivity index (χ4v) is 3.62. The lowest BCUT2D eigenvalue weighted by Crippen LogP contribution is -2.34. The Hall–Kier alpha value is -1.35. The number of likely N-dealkylation sites (tertiary alicyclic amines) is 1. The molecule has 0 bridgehead atoms. The average molecular weight is 332 g/mol. The Balaban J connectivity index is 1.62. The first-order valence-electron chi connectivity index (χ1n) is 9.63. The quantitative estimate of drug-likeness (QED) is 0.449. The Kier molecular flexibility index (Phi) is 8.31. The summed E-state index contributed by atoms with van der Waals surface area (Å²) in [4.78, 5) is 14.9. The molecule has 0 unspecified atom stereocenters. The number of carbonyl (C=O) groups is 1. The van der Waals surface area contributed by atoms with E-state index in [0.717, 1.165) is 30.9 Å². The molecule has 0 atom stereocenters. The van der Waals surface area contributed by atoms with Gasteiger partial charge in [0, 0.05) is 6.42 Å². The smallest absolute Gasteiger partial charge is 0.166 e. The molecule has 134 valence electrons. The number of methoxy groups -OCH3 is 1. The normalized spacial score (nSPS) is 16.2. The van der Waals surface area contributed by atoms with E-state index < -0.39 is 0 Å². The Labute approximate surface area is 147 Å². The van der Waals surface area contributed by atoms with Crippen LogP contribution in [-0.4, -0.2) is 37.4 Å². The summed E-state index contributed by atoms with van der Waals surface area (Å²) in [6.07, 6.45) is 9.54. The van der Waals surface area contributed by atoms with Crippen LogP contribution in [0.4, 0.5) is 0 Å². The van der Waals surface area contributed by atoms with Gasteiger partial charge in [-0.05, 0) is 63.4 Å². The summed E-state index contributed by atoms with van der Waals surface area (Å²) >= 11 is 0. The van der Waals surface area contributed by atoms with Crippen LogP contribution in [0.2, 0.25) is 0 Å². The molecule has 1 aromatic carbocycles. The molecule has 1 fully saturated rings. The zero-order valence-electron chi connectivity index (χ0n) is 15.4. The zero-order valence-corrected chi connectivity index (χ0v) is 15.4. The van der Waals surface area contributed by atoms with Crippen molar-refractivity contribution < 1.29 is 9.53 Å². The fraction of sp³-hybridized carbons (Fsp3) is 0.667. The molecule has 1 saturated heterocycles. The highest BCUT2D eigenvalue weighted by Gasteiger charge is 2.18. The van der Waals surface area contributed by atoms with Gasteiger partial charge >= 0.3 is 0 Å². The number of hydrogen-bond acceptors (Lipinski definition) is 3. The number of unbranched alkanes of at least 4 members (excludes halogenated alkanes) is 2. The molecule has 3 nitrogen and oxygen atoms in total. The second-order valence-electron chi connectivity index (χ2n) is 7.01. The van der Waals surface area contributed by atoms with Gasteiger partial charge in [-0.1, -0.05) is 38.3 Å². The molecule has 0 saturated carbocycles. The molecule has 1 heterocycles. The molecular weight excluding hydrogens is 298 g/mol.